The summed E-state index contributed by atoms with van der Waals surface area (Å²) in [5.74, 6) is 0.659. The second-order valence-electron chi connectivity index (χ2n) is 7.85. The topological polar surface area (TPSA) is 60.7 Å². The Kier molecular flexibility index (Phi) is 5.58. The minimum absolute atomic E-state index is 0.0492. The van der Waals surface area contributed by atoms with Gasteiger partial charge in [0, 0.05) is 35.5 Å². The molecule has 0 N–H and O–H groups in total. The van der Waals surface area contributed by atoms with Crippen molar-refractivity contribution in [3.05, 3.63) is 44.7 Å². The van der Waals surface area contributed by atoms with E-state index in [2.05, 4.69) is 32.0 Å². The summed E-state index contributed by atoms with van der Waals surface area (Å²) in [6.45, 7) is 7.07. The lowest BCUT2D eigenvalue weighted by atomic mass is 9.84. The number of halogens is 1. The number of thiazole rings is 1. The Morgan fingerprint density at radius 3 is 2.67 bits per heavy atom. The normalized spacial score (nSPS) is 15.7. The lowest BCUT2D eigenvalue weighted by Crippen LogP contribution is -2.30. The number of ether oxygens (including phenoxy) is 1. The fourth-order valence-corrected chi connectivity index (χ4v) is 4.16. The fraction of sp³-hybridized carbons (Fsp3) is 0.450. The highest BCUT2D eigenvalue weighted by Crippen LogP contribution is 2.28. The van der Waals surface area contributed by atoms with Crippen LogP contribution in [-0.4, -0.2) is 23.4 Å². The third kappa shape index (κ3) is 4.50. The number of benzene rings is 1. The lowest BCUT2D eigenvalue weighted by molar-refractivity contribution is -0.127. The number of hydrogen-bond donors (Lipinski definition) is 0. The lowest BCUT2D eigenvalue weighted by Gasteiger charge is -2.24. The van der Waals surface area contributed by atoms with Crippen LogP contribution in [0.5, 0.6) is 5.75 Å². The van der Waals surface area contributed by atoms with Crippen molar-refractivity contribution in [2.45, 2.75) is 45.6 Å². The maximum absolute atomic E-state index is 12.8. The zero-order chi connectivity index (χ0) is 19.8. The monoisotopic (exact) mass is 406 g/mol. The van der Waals surface area contributed by atoms with Gasteiger partial charge in [-0.2, -0.15) is 4.99 Å². The van der Waals surface area contributed by atoms with Crippen LogP contribution in [0.25, 0.3) is 0 Å². The molecule has 3 rings (SSSR count). The fourth-order valence-electron chi connectivity index (χ4n) is 2.93. The quantitative estimate of drug-likeness (QED) is 0.763. The van der Waals surface area contributed by atoms with Crippen molar-refractivity contribution < 1.29 is 14.3 Å². The van der Waals surface area contributed by atoms with Crippen LogP contribution in [0.4, 0.5) is 0 Å². The van der Waals surface area contributed by atoms with E-state index in [4.69, 9.17) is 16.3 Å². The van der Waals surface area contributed by atoms with Crippen molar-refractivity contribution in [3.63, 3.8) is 0 Å². The molecule has 0 aliphatic heterocycles. The molecule has 1 fully saturated rings. The highest BCUT2D eigenvalue weighted by atomic mass is 35.5. The second kappa shape index (κ2) is 7.60. The van der Waals surface area contributed by atoms with E-state index in [0.717, 1.165) is 4.88 Å². The highest BCUT2D eigenvalue weighted by Gasteiger charge is 2.28. The number of amides is 1. The summed E-state index contributed by atoms with van der Waals surface area (Å²) in [4.78, 5) is 30.2. The first-order valence-corrected chi connectivity index (χ1v) is 10.0. The largest absolute Gasteiger partial charge is 0.496 e. The number of Topliss-reactive ketones (excluding diaryl/α,β-unsaturated/α-hetero) is 1. The molecule has 27 heavy (non-hydrogen) atoms. The maximum Gasteiger partial charge on any atom is 0.283 e. The van der Waals surface area contributed by atoms with Gasteiger partial charge < -0.3 is 9.30 Å². The second-order valence-corrected chi connectivity index (χ2v) is 9.30. The molecule has 2 aromatic rings. The van der Waals surface area contributed by atoms with Crippen molar-refractivity contribution in [3.8, 4) is 5.75 Å². The molecule has 0 atom stereocenters. The van der Waals surface area contributed by atoms with Crippen molar-refractivity contribution in [1.82, 2.24) is 4.57 Å². The number of nitrogens with zero attached hydrogens (tertiary/aromatic N) is 2. The number of carbonyl (C=O) groups excluding carboxylic acids is 2. The van der Waals surface area contributed by atoms with Crippen LogP contribution in [0.1, 0.15) is 48.8 Å². The van der Waals surface area contributed by atoms with E-state index in [1.807, 2.05) is 4.57 Å². The van der Waals surface area contributed by atoms with Crippen LogP contribution in [0.3, 0.4) is 0 Å². The molecule has 144 valence electrons. The smallest absolute Gasteiger partial charge is 0.283 e. The molecule has 0 bridgehead atoms. The summed E-state index contributed by atoms with van der Waals surface area (Å²) >= 11 is 7.54. The molecule has 0 saturated heterocycles. The molecule has 0 spiro atoms. The van der Waals surface area contributed by atoms with Gasteiger partial charge in [-0.3, -0.25) is 9.59 Å². The molecule has 1 aromatic carbocycles. The Morgan fingerprint density at radius 1 is 1.37 bits per heavy atom. The molecule has 1 aromatic heterocycles. The van der Waals surface area contributed by atoms with Gasteiger partial charge in [0.1, 0.15) is 11.5 Å². The van der Waals surface area contributed by atoms with Gasteiger partial charge in [0.15, 0.2) is 4.80 Å². The predicted molar refractivity (Wildman–Crippen MR) is 107 cm³/mol. The van der Waals surface area contributed by atoms with Crippen molar-refractivity contribution in [2.24, 2.45) is 10.9 Å². The molecule has 1 heterocycles. The third-order valence-corrected chi connectivity index (χ3v) is 6.22. The van der Waals surface area contributed by atoms with Gasteiger partial charge in [0.2, 0.25) is 0 Å². The minimum Gasteiger partial charge on any atom is -0.496 e. The van der Waals surface area contributed by atoms with Crippen LogP contribution in [-0.2, 0) is 16.8 Å². The molecular weight excluding hydrogens is 384 g/mol. The Hall–Kier alpha value is -1.92. The summed E-state index contributed by atoms with van der Waals surface area (Å²) in [5, 5.41) is 0.455. The Bertz CT molecular complexity index is 945. The van der Waals surface area contributed by atoms with Gasteiger partial charge in [0.05, 0.1) is 12.7 Å². The summed E-state index contributed by atoms with van der Waals surface area (Å²) in [6.07, 6.45) is 3.25. The molecule has 0 radical (unpaired) electrons. The average Bonchev–Trinajstić information content (AvgIpc) is 2.96. The van der Waals surface area contributed by atoms with Crippen molar-refractivity contribution >= 4 is 34.6 Å². The predicted octanol–water partition coefficient (Wildman–Crippen LogP) is 4.23. The number of hydrogen-bond acceptors (Lipinski definition) is 4. The van der Waals surface area contributed by atoms with E-state index in [-0.39, 0.29) is 5.41 Å². The van der Waals surface area contributed by atoms with E-state index < -0.39 is 5.91 Å². The van der Waals surface area contributed by atoms with E-state index in [9.17, 15) is 9.59 Å². The summed E-state index contributed by atoms with van der Waals surface area (Å²) in [5.41, 5.74) is 0.285. The van der Waals surface area contributed by atoms with Gasteiger partial charge in [-0.15, -0.1) is 11.3 Å². The third-order valence-electron chi connectivity index (χ3n) is 4.54. The summed E-state index contributed by atoms with van der Waals surface area (Å²) in [6, 6.07) is 4.90. The van der Waals surface area contributed by atoms with Gasteiger partial charge in [-0.1, -0.05) is 32.4 Å². The summed E-state index contributed by atoms with van der Waals surface area (Å²) < 4.78 is 7.27. The zero-order valence-electron chi connectivity index (χ0n) is 15.9. The van der Waals surface area contributed by atoms with Crippen LogP contribution < -0.4 is 9.54 Å². The summed E-state index contributed by atoms with van der Waals surface area (Å²) in [7, 11) is 1.51. The molecule has 1 aliphatic carbocycles. The van der Waals surface area contributed by atoms with Crippen LogP contribution >= 0.6 is 22.9 Å². The minimum atomic E-state index is -0.393. The van der Waals surface area contributed by atoms with Crippen LogP contribution in [0.15, 0.2) is 29.4 Å². The van der Waals surface area contributed by atoms with E-state index in [1.165, 1.54) is 18.4 Å². The molecule has 7 heteroatoms. The number of aromatic nitrogens is 1. The standard InChI is InChI=1S/C20H23ClN2O3S/c1-20(2,3)17-11-23(10-12-7-14(24)8-12)19(27-17)22-18(25)15-9-13(21)5-6-16(15)26-4/h5-6,9,11-12H,7-8,10H2,1-4H3/b22-19-. The molecule has 5 nitrogen and oxygen atoms in total. The number of carbonyl (C=O) groups is 2. The molecule has 1 aliphatic rings. The molecule has 1 saturated carbocycles. The van der Waals surface area contributed by atoms with Gasteiger partial charge in [-0.25, -0.2) is 0 Å². The molecule has 0 unspecified atom stereocenters. The van der Waals surface area contributed by atoms with Gasteiger partial charge in [0.25, 0.3) is 5.91 Å². The van der Waals surface area contributed by atoms with Gasteiger partial charge >= 0.3 is 0 Å². The molecular formula is C20H23ClN2O3S. The molecule has 1 amide bonds. The first kappa shape index (κ1) is 19.8. The van der Waals surface area contributed by atoms with E-state index in [1.54, 1.807) is 18.2 Å². The van der Waals surface area contributed by atoms with Crippen molar-refractivity contribution in [2.75, 3.05) is 7.11 Å². The van der Waals surface area contributed by atoms with E-state index in [0.29, 0.717) is 52.2 Å². The SMILES string of the molecule is COc1ccc(Cl)cc1C(=O)/N=c1\sc(C(C)(C)C)cn1CC1CC(=O)C1. The first-order chi connectivity index (χ1) is 12.7. The van der Waals surface area contributed by atoms with E-state index >= 15 is 0 Å². The van der Waals surface area contributed by atoms with Gasteiger partial charge in [-0.05, 0) is 29.5 Å². The first-order valence-electron chi connectivity index (χ1n) is 8.82. The Morgan fingerprint density at radius 2 is 2.07 bits per heavy atom. The Balaban J connectivity index is 2.01. The van der Waals surface area contributed by atoms with Crippen LogP contribution in [0.2, 0.25) is 5.02 Å². The maximum atomic E-state index is 12.8. The van der Waals surface area contributed by atoms with Crippen molar-refractivity contribution in [1.29, 1.82) is 0 Å². The number of rotatable bonds is 4. The zero-order valence-corrected chi connectivity index (χ0v) is 17.5. The number of ketones is 1. The average molecular weight is 407 g/mol. The van der Waals surface area contributed by atoms with Crippen LogP contribution in [0, 0.1) is 5.92 Å². The Labute approximate surface area is 167 Å². The number of methoxy groups -OCH3 is 1. The highest BCUT2D eigenvalue weighted by molar-refractivity contribution is 7.09.